The number of thiophene rings is 1. The molecule has 0 radical (unpaired) electrons. The molecule has 0 bridgehead atoms. The Bertz CT molecular complexity index is 556. The number of oxazole rings is 1. The zero-order valence-electron chi connectivity index (χ0n) is 10.6. The summed E-state index contributed by atoms with van der Waals surface area (Å²) >= 11 is 1.61. The van der Waals surface area contributed by atoms with Crippen LogP contribution in [0.15, 0.2) is 16.5 Å². The summed E-state index contributed by atoms with van der Waals surface area (Å²) in [6.45, 7) is 5.91. The van der Waals surface area contributed by atoms with Crippen LogP contribution in [0.25, 0.3) is 10.6 Å². The van der Waals surface area contributed by atoms with Gasteiger partial charge in [0.1, 0.15) is 0 Å². The van der Waals surface area contributed by atoms with E-state index in [-0.39, 0.29) is 5.69 Å². The number of hydrogen-bond acceptors (Lipinski definition) is 5. The van der Waals surface area contributed by atoms with Crippen molar-refractivity contribution in [3.05, 3.63) is 28.6 Å². The Labute approximate surface area is 110 Å². The minimum Gasteiger partial charge on any atom is -0.461 e. The van der Waals surface area contributed by atoms with Gasteiger partial charge in [0.2, 0.25) is 0 Å². The molecular formula is C13H15NO3S. The maximum atomic E-state index is 11.8. The van der Waals surface area contributed by atoms with Crippen LogP contribution in [-0.2, 0) is 11.2 Å². The van der Waals surface area contributed by atoms with Crippen LogP contribution in [0.3, 0.4) is 0 Å². The molecule has 0 amide bonds. The van der Waals surface area contributed by atoms with Crippen molar-refractivity contribution in [1.29, 1.82) is 0 Å². The quantitative estimate of drug-likeness (QED) is 0.794. The molecule has 2 heterocycles. The molecule has 0 aliphatic rings. The minimum absolute atomic E-state index is 0.263. The largest absolute Gasteiger partial charge is 0.461 e. The third-order valence-electron chi connectivity index (χ3n) is 2.44. The average Bonchev–Trinajstić information content (AvgIpc) is 2.95. The van der Waals surface area contributed by atoms with Gasteiger partial charge in [-0.15, -0.1) is 11.3 Å². The lowest BCUT2D eigenvalue weighted by Crippen LogP contribution is -2.06. The Morgan fingerprint density at radius 2 is 2.22 bits per heavy atom. The molecule has 5 heteroatoms. The Morgan fingerprint density at radius 3 is 2.83 bits per heavy atom. The van der Waals surface area contributed by atoms with E-state index in [2.05, 4.69) is 11.9 Å². The van der Waals surface area contributed by atoms with Gasteiger partial charge in [0.25, 0.3) is 0 Å². The molecule has 0 atom stereocenters. The number of aryl methyl sites for hydroxylation is 2. The van der Waals surface area contributed by atoms with Gasteiger partial charge in [0.15, 0.2) is 17.3 Å². The fraction of sp³-hybridized carbons (Fsp3) is 0.385. The summed E-state index contributed by atoms with van der Waals surface area (Å²) in [6, 6.07) is 3.99. The lowest BCUT2D eigenvalue weighted by Gasteiger charge is -1.98. The van der Waals surface area contributed by atoms with E-state index >= 15 is 0 Å². The van der Waals surface area contributed by atoms with Crippen molar-refractivity contribution in [2.24, 2.45) is 0 Å². The third kappa shape index (κ3) is 2.46. The molecule has 0 saturated carbocycles. The van der Waals surface area contributed by atoms with Crippen LogP contribution in [0.4, 0.5) is 0 Å². The molecule has 0 aliphatic carbocycles. The summed E-state index contributed by atoms with van der Waals surface area (Å²) in [6.07, 6.45) is 0.965. The van der Waals surface area contributed by atoms with Gasteiger partial charge >= 0.3 is 5.97 Å². The molecule has 0 aliphatic heterocycles. The van der Waals surface area contributed by atoms with Gasteiger partial charge in [0.05, 0.1) is 11.5 Å². The van der Waals surface area contributed by atoms with Gasteiger partial charge in [-0.25, -0.2) is 9.78 Å². The summed E-state index contributed by atoms with van der Waals surface area (Å²) in [5, 5.41) is 0. The van der Waals surface area contributed by atoms with E-state index in [1.54, 1.807) is 25.2 Å². The van der Waals surface area contributed by atoms with E-state index in [9.17, 15) is 4.79 Å². The van der Waals surface area contributed by atoms with Crippen LogP contribution in [0.2, 0.25) is 0 Å². The van der Waals surface area contributed by atoms with E-state index in [0.29, 0.717) is 18.3 Å². The summed E-state index contributed by atoms with van der Waals surface area (Å²) in [5.74, 6) is 0.547. The first-order valence-corrected chi connectivity index (χ1v) is 6.71. The van der Waals surface area contributed by atoms with Crippen LogP contribution in [0, 0.1) is 6.92 Å². The molecule has 0 unspecified atom stereocenters. The van der Waals surface area contributed by atoms with Gasteiger partial charge in [-0.2, -0.15) is 0 Å². The number of carbonyl (C=O) groups excluding carboxylic acids is 1. The normalized spacial score (nSPS) is 10.6. The summed E-state index contributed by atoms with van der Waals surface area (Å²) in [4.78, 5) is 18.1. The van der Waals surface area contributed by atoms with Gasteiger partial charge in [-0.05, 0) is 25.5 Å². The molecule has 0 N–H and O–H groups in total. The Balaban J connectivity index is 2.40. The lowest BCUT2D eigenvalue weighted by molar-refractivity contribution is 0.0520. The highest BCUT2D eigenvalue weighted by molar-refractivity contribution is 7.15. The smallest absolute Gasteiger partial charge is 0.361 e. The van der Waals surface area contributed by atoms with Crippen molar-refractivity contribution in [2.75, 3.05) is 6.61 Å². The van der Waals surface area contributed by atoms with Crippen LogP contribution < -0.4 is 0 Å². The van der Waals surface area contributed by atoms with E-state index in [4.69, 9.17) is 9.15 Å². The Kier molecular flexibility index (Phi) is 3.81. The number of esters is 1. The van der Waals surface area contributed by atoms with Crippen LogP contribution in [0.1, 0.15) is 35.1 Å². The Morgan fingerprint density at radius 1 is 1.44 bits per heavy atom. The fourth-order valence-electron chi connectivity index (χ4n) is 1.62. The predicted octanol–water partition coefficient (Wildman–Crippen LogP) is 3.45. The fourth-order valence-corrected chi connectivity index (χ4v) is 2.55. The molecule has 0 aromatic carbocycles. The average molecular weight is 265 g/mol. The number of aromatic nitrogens is 1. The van der Waals surface area contributed by atoms with Crippen molar-refractivity contribution in [3.63, 3.8) is 0 Å². The molecule has 2 aromatic rings. The Hall–Kier alpha value is -1.62. The molecular weight excluding hydrogens is 250 g/mol. The van der Waals surface area contributed by atoms with Gasteiger partial charge in [-0.1, -0.05) is 6.92 Å². The SMILES string of the molecule is CCOC(=O)c1nc(C)oc1-c1ccc(CC)s1. The number of ether oxygens (including phenoxy) is 1. The molecule has 18 heavy (non-hydrogen) atoms. The molecule has 0 spiro atoms. The van der Waals surface area contributed by atoms with E-state index < -0.39 is 5.97 Å². The second-order valence-corrected chi connectivity index (χ2v) is 4.92. The zero-order valence-corrected chi connectivity index (χ0v) is 11.5. The van der Waals surface area contributed by atoms with Gasteiger partial charge < -0.3 is 9.15 Å². The summed E-state index contributed by atoms with van der Waals surface area (Å²) in [5.41, 5.74) is 0.263. The van der Waals surface area contributed by atoms with E-state index in [1.165, 1.54) is 4.88 Å². The zero-order chi connectivity index (χ0) is 13.1. The second-order valence-electron chi connectivity index (χ2n) is 3.75. The highest BCUT2D eigenvalue weighted by Gasteiger charge is 2.22. The van der Waals surface area contributed by atoms with Crippen molar-refractivity contribution in [1.82, 2.24) is 4.98 Å². The minimum atomic E-state index is -0.434. The summed E-state index contributed by atoms with van der Waals surface area (Å²) < 4.78 is 10.5. The molecule has 0 fully saturated rings. The molecule has 4 nitrogen and oxygen atoms in total. The molecule has 2 aromatic heterocycles. The number of carbonyl (C=O) groups is 1. The summed E-state index contributed by atoms with van der Waals surface area (Å²) in [7, 11) is 0. The standard InChI is InChI=1S/C13H15NO3S/c1-4-9-6-7-10(18-9)12-11(13(15)16-5-2)14-8(3)17-12/h6-7H,4-5H2,1-3H3. The van der Waals surface area contributed by atoms with Crippen molar-refractivity contribution in [2.45, 2.75) is 27.2 Å². The van der Waals surface area contributed by atoms with Crippen molar-refractivity contribution in [3.8, 4) is 10.6 Å². The van der Waals surface area contributed by atoms with Crippen LogP contribution in [0.5, 0.6) is 0 Å². The second kappa shape index (κ2) is 5.35. The van der Waals surface area contributed by atoms with E-state index in [0.717, 1.165) is 11.3 Å². The highest BCUT2D eigenvalue weighted by Crippen LogP contribution is 2.32. The predicted molar refractivity (Wildman–Crippen MR) is 69.9 cm³/mol. The highest BCUT2D eigenvalue weighted by atomic mass is 32.1. The van der Waals surface area contributed by atoms with Crippen LogP contribution in [-0.4, -0.2) is 17.6 Å². The van der Waals surface area contributed by atoms with Gasteiger partial charge in [-0.3, -0.25) is 0 Å². The van der Waals surface area contributed by atoms with E-state index in [1.807, 2.05) is 12.1 Å². The molecule has 96 valence electrons. The maximum absolute atomic E-state index is 11.8. The third-order valence-corrected chi connectivity index (χ3v) is 3.67. The number of nitrogens with zero attached hydrogens (tertiary/aromatic N) is 1. The molecule has 2 rings (SSSR count). The van der Waals surface area contributed by atoms with Crippen LogP contribution >= 0.6 is 11.3 Å². The first-order chi connectivity index (χ1) is 8.65. The topological polar surface area (TPSA) is 52.3 Å². The van der Waals surface area contributed by atoms with Crippen molar-refractivity contribution < 1.29 is 13.9 Å². The number of rotatable bonds is 4. The first kappa shape index (κ1) is 12.8. The first-order valence-electron chi connectivity index (χ1n) is 5.89. The van der Waals surface area contributed by atoms with Crippen molar-refractivity contribution >= 4 is 17.3 Å². The lowest BCUT2D eigenvalue weighted by atomic mass is 10.3. The van der Waals surface area contributed by atoms with Gasteiger partial charge in [0, 0.05) is 11.8 Å². The number of hydrogen-bond donors (Lipinski definition) is 0. The maximum Gasteiger partial charge on any atom is 0.361 e. The monoisotopic (exact) mass is 265 g/mol. The molecule has 0 saturated heterocycles.